The minimum absolute atomic E-state index is 1.05. The maximum absolute atomic E-state index is 3.72. The third kappa shape index (κ3) is 14.3. The number of aromatic nitrogens is 2. The van der Waals surface area contributed by atoms with Crippen molar-refractivity contribution in [3.8, 4) is 78.1 Å². The third-order valence-electron chi connectivity index (χ3n) is 21.3. The van der Waals surface area contributed by atoms with Gasteiger partial charge in [0.25, 0.3) is 0 Å². The van der Waals surface area contributed by atoms with Gasteiger partial charge >= 0.3 is 0 Å². The molecule has 0 aliphatic heterocycles. The second-order valence-corrected chi connectivity index (χ2v) is 28.2. The van der Waals surface area contributed by atoms with Gasteiger partial charge in [0.1, 0.15) is 0 Å². The molecule has 4 nitrogen and oxygen atoms in total. The molecule has 1 N–H and O–H groups in total. The van der Waals surface area contributed by atoms with Crippen LogP contribution in [0.4, 0.5) is 28.4 Å². The summed E-state index contributed by atoms with van der Waals surface area (Å²) in [6.45, 7) is 4.62. The van der Waals surface area contributed by atoms with Crippen LogP contribution in [-0.4, -0.2) is 9.13 Å². The minimum Gasteiger partial charge on any atom is -0.356 e. The third-order valence-corrected chi connectivity index (χ3v) is 21.3. The lowest BCUT2D eigenvalue weighted by Gasteiger charge is -2.26. The molecule has 0 spiro atoms. The van der Waals surface area contributed by atoms with E-state index in [1.165, 1.54) is 210 Å². The highest BCUT2D eigenvalue weighted by Gasteiger charge is 2.20. The van der Waals surface area contributed by atoms with Crippen LogP contribution in [0.1, 0.15) is 102 Å². The Labute approximate surface area is 614 Å². The average Bonchev–Trinajstić information content (AvgIpc) is 1.54. The Kier molecular flexibility index (Phi) is 20.1. The smallest absolute Gasteiger partial charge is 0.0541 e. The molecule has 2 heterocycles. The average molecular weight is 1350 g/mol. The van der Waals surface area contributed by atoms with Crippen molar-refractivity contribution in [2.24, 2.45) is 0 Å². The Balaban J connectivity index is 0.675. The molecule has 0 atom stereocenters. The van der Waals surface area contributed by atoms with Gasteiger partial charge in [-0.15, -0.1) is 0 Å². The van der Waals surface area contributed by atoms with Crippen molar-refractivity contribution < 1.29 is 0 Å². The number of hydrogen-bond acceptors (Lipinski definition) is 2. The van der Waals surface area contributed by atoms with Crippen LogP contribution in [0.2, 0.25) is 0 Å². The van der Waals surface area contributed by atoms with Crippen molar-refractivity contribution in [1.29, 1.82) is 0 Å². The summed E-state index contributed by atoms with van der Waals surface area (Å²) in [5.74, 6) is 0. The number of rotatable bonds is 27. The standard InChI is InChI=1S/C100H90N4/c1-3-5-7-9-11-16-30-82-68-78(74-40-54-84(55-41-74)101-85-56-42-75(43-57-85)80-52-66-99-95(70-80)93-36-24-26-38-97(93)103(99)86-32-20-14-21-33-86)50-64-91(82)92-65-51-79(69-83(92)31-17-12-10-8-6-4-2)76-46-60-89(61-47-76)102(88-58-44-73(45-59-88)72-28-18-13-19-29-72)90-62-48-77(49-63-90)81-53-67-100-96(71-81)94-37-25-27-39-98(94)104(100)87-34-22-15-23-35-87/h13-15,18-29,32-71,101H,3-12,16-17,30-31H2,1-2H3. The number of unbranched alkanes of at least 4 members (excludes halogenated alkanes) is 10. The molecule has 14 aromatic carbocycles. The lowest BCUT2D eigenvalue weighted by molar-refractivity contribution is 0.607. The van der Waals surface area contributed by atoms with Crippen LogP contribution in [0.5, 0.6) is 0 Å². The summed E-state index contributed by atoms with van der Waals surface area (Å²) < 4.78 is 4.76. The van der Waals surface area contributed by atoms with Gasteiger partial charge in [0.2, 0.25) is 0 Å². The Morgan fingerprint density at radius 3 is 0.942 bits per heavy atom. The van der Waals surface area contributed by atoms with Crippen molar-refractivity contribution in [2.75, 3.05) is 10.2 Å². The topological polar surface area (TPSA) is 25.1 Å². The highest BCUT2D eigenvalue weighted by molar-refractivity contribution is 6.12. The highest BCUT2D eigenvalue weighted by atomic mass is 15.1. The van der Waals surface area contributed by atoms with Crippen molar-refractivity contribution in [3.05, 3.63) is 345 Å². The quantitative estimate of drug-likeness (QED) is 0.0519. The van der Waals surface area contributed by atoms with Gasteiger partial charge in [-0.3, -0.25) is 0 Å². The second kappa shape index (κ2) is 31.3. The van der Waals surface area contributed by atoms with E-state index in [-0.39, 0.29) is 0 Å². The maximum Gasteiger partial charge on any atom is 0.0541 e. The maximum atomic E-state index is 3.72. The predicted octanol–water partition coefficient (Wildman–Crippen LogP) is 28.9. The molecule has 2 aromatic heterocycles. The number of hydrogen-bond donors (Lipinski definition) is 1. The number of fused-ring (bicyclic) bond motifs is 6. The van der Waals surface area contributed by atoms with Crippen molar-refractivity contribution >= 4 is 72.0 Å². The molecule has 0 unspecified atom stereocenters. The molecule has 0 aliphatic rings. The highest BCUT2D eigenvalue weighted by Crippen LogP contribution is 2.43. The van der Waals surface area contributed by atoms with Gasteiger partial charge in [-0.1, -0.05) is 290 Å². The Hall–Kier alpha value is -11.7. The van der Waals surface area contributed by atoms with Crippen LogP contribution in [0.25, 0.3) is 122 Å². The van der Waals surface area contributed by atoms with Gasteiger partial charge in [-0.25, -0.2) is 0 Å². The van der Waals surface area contributed by atoms with Crippen LogP contribution in [0.15, 0.2) is 334 Å². The van der Waals surface area contributed by atoms with Crippen LogP contribution in [0.3, 0.4) is 0 Å². The van der Waals surface area contributed by atoms with Gasteiger partial charge in [0.05, 0.1) is 22.1 Å². The van der Waals surface area contributed by atoms with Gasteiger partial charge in [-0.05, 0) is 225 Å². The summed E-state index contributed by atoms with van der Waals surface area (Å²) in [5.41, 5.74) is 30.4. The zero-order valence-corrected chi connectivity index (χ0v) is 60.0. The molecule has 0 saturated heterocycles. The van der Waals surface area contributed by atoms with E-state index < -0.39 is 0 Å². The molecule has 510 valence electrons. The molecule has 16 rings (SSSR count). The number of anilines is 5. The summed E-state index contributed by atoms with van der Waals surface area (Å²) >= 11 is 0. The summed E-state index contributed by atoms with van der Waals surface area (Å²) in [7, 11) is 0. The molecular formula is C100H90N4. The summed E-state index contributed by atoms with van der Waals surface area (Å²) in [5, 5.41) is 8.74. The van der Waals surface area contributed by atoms with E-state index >= 15 is 0 Å². The lowest BCUT2D eigenvalue weighted by atomic mass is 9.87. The number of nitrogens with zero attached hydrogens (tertiary/aromatic N) is 3. The normalized spacial score (nSPS) is 11.5. The summed E-state index contributed by atoms with van der Waals surface area (Å²) in [6.07, 6.45) is 17.3. The Morgan fingerprint density at radius 2 is 0.538 bits per heavy atom. The van der Waals surface area contributed by atoms with E-state index in [1.807, 2.05) is 0 Å². The largest absolute Gasteiger partial charge is 0.356 e. The van der Waals surface area contributed by atoms with Crippen molar-refractivity contribution in [1.82, 2.24) is 9.13 Å². The fourth-order valence-corrected chi connectivity index (χ4v) is 15.8. The summed E-state index contributed by atoms with van der Waals surface area (Å²) in [4.78, 5) is 2.40. The molecule has 16 aromatic rings. The first-order valence-electron chi connectivity index (χ1n) is 38.1. The number of benzene rings is 14. The molecule has 0 bridgehead atoms. The molecule has 0 aliphatic carbocycles. The van der Waals surface area contributed by atoms with Crippen LogP contribution in [0, 0.1) is 0 Å². The van der Waals surface area contributed by atoms with Gasteiger partial charge in [0, 0.05) is 61.4 Å². The molecule has 104 heavy (non-hydrogen) atoms. The van der Waals surface area contributed by atoms with E-state index in [0.717, 1.165) is 41.3 Å². The van der Waals surface area contributed by atoms with Gasteiger partial charge in [0.15, 0.2) is 0 Å². The van der Waals surface area contributed by atoms with E-state index in [2.05, 4.69) is 367 Å². The molecule has 4 heteroatoms. The zero-order valence-electron chi connectivity index (χ0n) is 60.0. The first-order chi connectivity index (χ1) is 51.5. The van der Waals surface area contributed by atoms with E-state index in [1.54, 1.807) is 0 Å². The first kappa shape index (κ1) is 66.8. The lowest BCUT2D eigenvalue weighted by Crippen LogP contribution is -2.09. The number of nitrogens with one attached hydrogen (secondary N) is 1. The predicted molar refractivity (Wildman–Crippen MR) is 446 cm³/mol. The minimum atomic E-state index is 1.05. The Bertz CT molecular complexity index is 5560. The molecule has 0 fully saturated rings. The molecule has 0 saturated carbocycles. The summed E-state index contributed by atoms with van der Waals surface area (Å²) in [6, 6.07) is 124. The molecule has 0 amide bonds. The van der Waals surface area contributed by atoms with Crippen molar-refractivity contribution in [2.45, 2.75) is 104 Å². The zero-order chi connectivity index (χ0) is 70.0. The van der Waals surface area contributed by atoms with Crippen LogP contribution in [-0.2, 0) is 12.8 Å². The fourth-order valence-electron chi connectivity index (χ4n) is 15.8. The molecular weight excluding hydrogens is 1260 g/mol. The molecule has 0 radical (unpaired) electrons. The first-order valence-corrected chi connectivity index (χ1v) is 38.1. The van der Waals surface area contributed by atoms with E-state index in [9.17, 15) is 0 Å². The Morgan fingerprint density at radius 1 is 0.240 bits per heavy atom. The fraction of sp³-hybridized carbons (Fsp3) is 0.160. The van der Waals surface area contributed by atoms with E-state index in [0.29, 0.717) is 0 Å². The van der Waals surface area contributed by atoms with E-state index in [4.69, 9.17) is 0 Å². The van der Waals surface area contributed by atoms with Crippen LogP contribution >= 0.6 is 0 Å². The second-order valence-electron chi connectivity index (χ2n) is 28.2. The van der Waals surface area contributed by atoms with Gasteiger partial charge < -0.3 is 19.4 Å². The number of aryl methyl sites for hydroxylation is 2. The monoisotopic (exact) mass is 1350 g/mol. The van der Waals surface area contributed by atoms with Crippen molar-refractivity contribution in [3.63, 3.8) is 0 Å². The SMILES string of the molecule is CCCCCCCCc1cc(-c2ccc(Nc3ccc(-c4ccc5c(c4)c4ccccc4n5-c4ccccc4)cc3)cc2)ccc1-c1ccc(-c2ccc(N(c3ccc(-c4ccccc4)cc3)c3ccc(-c4ccc5c(c4)c4ccccc4n5-c4ccccc4)cc3)cc2)cc1CCCCCCCC. The van der Waals surface area contributed by atoms with Crippen LogP contribution < -0.4 is 10.2 Å². The van der Waals surface area contributed by atoms with Gasteiger partial charge in [-0.2, -0.15) is 0 Å². The number of para-hydroxylation sites is 4.